The van der Waals surface area contributed by atoms with Crippen molar-refractivity contribution in [3.8, 4) is 0 Å². The SMILES string of the molecule is CC1=CCCC2(C)C(CCC2(O)CN2CCCC2CO)c2ccc(cc2C(=O)c2ccc(C)s2)CC(O)CC1. The van der Waals surface area contributed by atoms with Crippen LogP contribution in [0.15, 0.2) is 42.0 Å². The summed E-state index contributed by atoms with van der Waals surface area (Å²) < 4.78 is 0. The summed E-state index contributed by atoms with van der Waals surface area (Å²) in [5.41, 5.74) is 2.67. The van der Waals surface area contributed by atoms with Crippen molar-refractivity contribution < 1.29 is 20.1 Å². The van der Waals surface area contributed by atoms with Crippen LogP contribution in [0.3, 0.4) is 0 Å². The number of allylic oxidation sites excluding steroid dienone is 2. The number of likely N-dealkylation sites (tertiary alicyclic amines) is 1. The van der Waals surface area contributed by atoms with Crippen LogP contribution in [0.4, 0.5) is 0 Å². The molecule has 2 fully saturated rings. The van der Waals surface area contributed by atoms with Crippen molar-refractivity contribution in [3.63, 3.8) is 0 Å². The van der Waals surface area contributed by atoms with Crippen molar-refractivity contribution in [2.24, 2.45) is 5.41 Å². The number of benzene rings is 1. The average Bonchev–Trinajstić information content (AvgIpc) is 3.61. The van der Waals surface area contributed by atoms with Crippen LogP contribution >= 0.6 is 11.3 Å². The van der Waals surface area contributed by atoms with Gasteiger partial charge in [-0.2, -0.15) is 0 Å². The number of β-amino-alcohol motifs (C(OH)–C–C–N with tert-alkyl or cyclic N) is 1. The van der Waals surface area contributed by atoms with E-state index >= 15 is 0 Å². The van der Waals surface area contributed by atoms with Crippen LogP contribution in [0.2, 0.25) is 0 Å². The second-order valence-corrected chi connectivity index (χ2v) is 13.9. The lowest BCUT2D eigenvalue weighted by Crippen LogP contribution is -2.53. The number of rotatable bonds is 5. The van der Waals surface area contributed by atoms with E-state index in [9.17, 15) is 20.1 Å². The largest absolute Gasteiger partial charge is 0.395 e. The molecule has 1 saturated carbocycles. The molecule has 0 radical (unpaired) electrons. The van der Waals surface area contributed by atoms with Gasteiger partial charge in [-0.1, -0.05) is 30.7 Å². The summed E-state index contributed by atoms with van der Waals surface area (Å²) in [4.78, 5) is 18.1. The number of aliphatic hydroxyl groups excluding tert-OH is 2. The Morgan fingerprint density at radius 2 is 1.95 bits per heavy atom. The number of carbonyl (C=O) groups excluding carboxylic acids is 1. The number of carbonyl (C=O) groups is 1. The molecule has 1 aromatic carbocycles. The monoisotopic (exact) mass is 551 g/mol. The first kappa shape index (κ1) is 28.7. The van der Waals surface area contributed by atoms with E-state index in [4.69, 9.17) is 0 Å². The molecule has 4 aliphatic rings. The minimum absolute atomic E-state index is 0.0355. The second kappa shape index (κ2) is 11.6. The lowest BCUT2D eigenvalue weighted by molar-refractivity contribution is -0.0875. The second-order valence-electron chi connectivity index (χ2n) is 12.6. The van der Waals surface area contributed by atoms with Gasteiger partial charge in [0.05, 0.1) is 23.2 Å². The Bertz CT molecular complexity index is 1220. The molecule has 1 saturated heterocycles. The van der Waals surface area contributed by atoms with Gasteiger partial charge in [-0.25, -0.2) is 0 Å². The van der Waals surface area contributed by atoms with Gasteiger partial charge >= 0.3 is 0 Å². The molecule has 3 N–H and O–H groups in total. The van der Waals surface area contributed by atoms with Gasteiger partial charge in [0.15, 0.2) is 0 Å². The number of hydrogen-bond acceptors (Lipinski definition) is 6. The van der Waals surface area contributed by atoms with Crippen LogP contribution in [0.25, 0.3) is 0 Å². The van der Waals surface area contributed by atoms with Gasteiger partial charge in [0.2, 0.25) is 5.78 Å². The lowest BCUT2D eigenvalue weighted by Gasteiger charge is -2.46. The molecule has 2 bridgehead atoms. The molecule has 5 unspecified atom stereocenters. The first-order valence-corrected chi connectivity index (χ1v) is 15.6. The molecule has 212 valence electrons. The van der Waals surface area contributed by atoms with Gasteiger partial charge in [-0.05, 0) is 113 Å². The van der Waals surface area contributed by atoms with Gasteiger partial charge in [0, 0.05) is 28.4 Å². The van der Waals surface area contributed by atoms with E-state index in [1.807, 2.05) is 25.1 Å². The smallest absolute Gasteiger partial charge is 0.203 e. The van der Waals surface area contributed by atoms with Crippen LogP contribution in [0, 0.1) is 12.3 Å². The maximum atomic E-state index is 14.0. The topological polar surface area (TPSA) is 81.0 Å². The van der Waals surface area contributed by atoms with Gasteiger partial charge < -0.3 is 15.3 Å². The molecule has 1 aromatic heterocycles. The molecular weight excluding hydrogens is 506 g/mol. The van der Waals surface area contributed by atoms with Crippen LogP contribution in [0.5, 0.6) is 0 Å². The van der Waals surface area contributed by atoms with Crippen molar-refractivity contribution in [1.82, 2.24) is 4.90 Å². The summed E-state index contributed by atoms with van der Waals surface area (Å²) >= 11 is 1.53. The van der Waals surface area contributed by atoms with E-state index in [-0.39, 0.29) is 24.3 Å². The molecule has 5 atom stereocenters. The summed E-state index contributed by atoms with van der Waals surface area (Å²) in [6, 6.07) is 10.3. The van der Waals surface area contributed by atoms with Crippen LogP contribution < -0.4 is 0 Å². The molecule has 0 amide bonds. The summed E-state index contributed by atoms with van der Waals surface area (Å²) in [6.45, 7) is 8.00. The highest BCUT2D eigenvalue weighted by Crippen LogP contribution is 2.59. The van der Waals surface area contributed by atoms with Gasteiger partial charge in [-0.15, -0.1) is 11.3 Å². The Hall–Kier alpha value is -1.83. The third-order valence-electron chi connectivity index (χ3n) is 10.1. The van der Waals surface area contributed by atoms with Crippen LogP contribution in [0.1, 0.15) is 102 Å². The number of ketones is 1. The summed E-state index contributed by atoms with van der Waals surface area (Å²) in [7, 11) is 0. The molecule has 2 aromatic rings. The molecule has 5 nitrogen and oxygen atoms in total. The molecule has 39 heavy (non-hydrogen) atoms. The van der Waals surface area contributed by atoms with E-state index in [0.717, 1.165) is 71.5 Å². The Kier molecular flexibility index (Phi) is 8.52. The molecule has 1 aliphatic heterocycles. The van der Waals surface area contributed by atoms with Crippen molar-refractivity contribution >= 4 is 17.1 Å². The summed E-state index contributed by atoms with van der Waals surface area (Å²) in [6.07, 6.45) is 9.10. The Balaban J connectivity index is 1.59. The van der Waals surface area contributed by atoms with Crippen LogP contribution in [-0.2, 0) is 6.42 Å². The number of hydrogen-bond donors (Lipinski definition) is 3. The number of aliphatic hydroxyl groups is 3. The standard InChI is InChI=1S/C33H45NO4S/c1-22-6-4-15-32(3)29(14-16-33(32,38)21-34-17-5-7-25(34)20-35)27-12-10-24(18-26(36)11-8-22)19-28(27)31(37)30-13-9-23(2)39-30/h6,9-10,12-13,19,25-26,29,35-36,38H,4-5,7-8,11,14-18,20-21H2,1-3H3. The summed E-state index contributed by atoms with van der Waals surface area (Å²) in [5, 5.41) is 33.2. The highest BCUT2D eigenvalue weighted by Gasteiger charge is 2.57. The minimum Gasteiger partial charge on any atom is -0.395 e. The zero-order valence-corrected chi connectivity index (χ0v) is 24.6. The van der Waals surface area contributed by atoms with Gasteiger partial charge in [0.25, 0.3) is 0 Å². The van der Waals surface area contributed by atoms with E-state index in [2.05, 4.69) is 37.0 Å². The lowest BCUT2D eigenvalue weighted by atomic mass is 9.64. The predicted molar refractivity (Wildman–Crippen MR) is 158 cm³/mol. The van der Waals surface area contributed by atoms with E-state index < -0.39 is 17.1 Å². The quantitative estimate of drug-likeness (QED) is 0.324. The van der Waals surface area contributed by atoms with E-state index in [1.165, 1.54) is 16.9 Å². The van der Waals surface area contributed by atoms with Crippen molar-refractivity contribution in [2.75, 3.05) is 19.7 Å². The van der Waals surface area contributed by atoms with Crippen LogP contribution in [-0.4, -0.2) is 63.4 Å². The first-order chi connectivity index (χ1) is 18.6. The van der Waals surface area contributed by atoms with Gasteiger partial charge in [0.1, 0.15) is 0 Å². The zero-order valence-electron chi connectivity index (χ0n) is 23.8. The summed E-state index contributed by atoms with van der Waals surface area (Å²) in [5.74, 6) is 0.0771. The fourth-order valence-electron chi connectivity index (χ4n) is 7.53. The maximum absolute atomic E-state index is 14.0. The number of fused-ring (bicyclic) bond motifs is 8. The Morgan fingerprint density at radius 3 is 2.69 bits per heavy atom. The number of thiophene rings is 1. The van der Waals surface area contributed by atoms with Gasteiger partial charge in [-0.3, -0.25) is 9.69 Å². The molecule has 2 heterocycles. The highest BCUT2D eigenvalue weighted by atomic mass is 32.1. The Labute approximate surface area is 237 Å². The maximum Gasteiger partial charge on any atom is 0.203 e. The zero-order chi connectivity index (χ0) is 27.8. The fraction of sp³-hybridized carbons (Fsp3) is 0.606. The molecule has 6 rings (SSSR count). The van der Waals surface area contributed by atoms with E-state index in [0.29, 0.717) is 25.8 Å². The fourth-order valence-corrected chi connectivity index (χ4v) is 8.35. The van der Waals surface area contributed by atoms with Crippen molar-refractivity contribution in [1.29, 1.82) is 0 Å². The Morgan fingerprint density at radius 1 is 1.13 bits per heavy atom. The third kappa shape index (κ3) is 5.69. The number of nitrogens with zero attached hydrogens (tertiary/aromatic N) is 1. The molecule has 3 aliphatic carbocycles. The van der Waals surface area contributed by atoms with Crippen molar-refractivity contribution in [3.05, 3.63) is 68.4 Å². The minimum atomic E-state index is -0.914. The highest BCUT2D eigenvalue weighted by molar-refractivity contribution is 7.14. The molecule has 0 spiro atoms. The predicted octanol–water partition coefficient (Wildman–Crippen LogP) is 5.78. The normalized spacial score (nSPS) is 32.2. The van der Waals surface area contributed by atoms with Crippen molar-refractivity contribution in [2.45, 2.75) is 102 Å². The third-order valence-corrected chi connectivity index (χ3v) is 11.1. The number of aryl methyl sites for hydroxylation is 1. The van der Waals surface area contributed by atoms with E-state index in [1.54, 1.807) is 0 Å². The molecular formula is C33H45NO4S. The molecule has 6 heteroatoms. The average molecular weight is 552 g/mol. The first-order valence-electron chi connectivity index (χ1n) is 14.8.